The Hall–Kier alpha value is -1.97. The molecule has 22 heavy (non-hydrogen) atoms. The highest BCUT2D eigenvalue weighted by Gasteiger charge is 2.44. The summed E-state index contributed by atoms with van der Waals surface area (Å²) in [4.78, 5) is 24.4. The standard InChI is InChI=1S/C15H13ClN2O3S/c1-2-21-15(20)12-11(8-5-3-4-6-10(8)16)9(7-17)14(22)18-13(12)19/h3-6,11-12,22H,2H2,1H3,(H,18,19)/t11-,12+/m0/s1. The van der Waals surface area contributed by atoms with Gasteiger partial charge < -0.3 is 10.1 Å². The normalized spacial score (nSPS) is 21.1. The lowest BCUT2D eigenvalue weighted by molar-refractivity contribution is -0.152. The maximum atomic E-state index is 12.2. The molecule has 0 radical (unpaired) electrons. The third-order valence-electron chi connectivity index (χ3n) is 3.32. The average molecular weight is 337 g/mol. The Kier molecular flexibility index (Phi) is 5.11. The van der Waals surface area contributed by atoms with Crippen molar-refractivity contribution in [2.45, 2.75) is 12.8 Å². The minimum absolute atomic E-state index is 0.123. The van der Waals surface area contributed by atoms with E-state index in [1.54, 1.807) is 31.2 Å². The molecule has 0 saturated heterocycles. The Morgan fingerprint density at radius 2 is 2.18 bits per heavy atom. The number of ether oxygens (including phenoxy) is 1. The molecule has 1 amide bonds. The first-order chi connectivity index (χ1) is 10.5. The van der Waals surface area contributed by atoms with E-state index < -0.39 is 23.7 Å². The molecule has 1 heterocycles. The molecule has 114 valence electrons. The summed E-state index contributed by atoms with van der Waals surface area (Å²) in [5, 5.41) is 12.3. The third-order valence-corrected chi connectivity index (χ3v) is 4.02. The molecule has 0 aliphatic carbocycles. The number of rotatable bonds is 3. The van der Waals surface area contributed by atoms with E-state index in [4.69, 9.17) is 16.3 Å². The topological polar surface area (TPSA) is 79.2 Å². The van der Waals surface area contributed by atoms with Crippen molar-refractivity contribution in [3.63, 3.8) is 0 Å². The molecule has 0 fully saturated rings. The van der Waals surface area contributed by atoms with Crippen LogP contribution in [0.5, 0.6) is 0 Å². The number of halogens is 1. The van der Waals surface area contributed by atoms with Crippen molar-refractivity contribution >= 4 is 36.1 Å². The Morgan fingerprint density at radius 1 is 1.50 bits per heavy atom. The molecule has 0 unspecified atom stereocenters. The van der Waals surface area contributed by atoms with E-state index in [9.17, 15) is 14.9 Å². The maximum absolute atomic E-state index is 12.2. The fourth-order valence-electron chi connectivity index (χ4n) is 2.39. The highest BCUT2D eigenvalue weighted by molar-refractivity contribution is 7.84. The van der Waals surface area contributed by atoms with Crippen LogP contribution < -0.4 is 5.32 Å². The number of nitriles is 1. The van der Waals surface area contributed by atoms with Crippen LogP contribution in [0.25, 0.3) is 0 Å². The van der Waals surface area contributed by atoms with E-state index in [-0.39, 0.29) is 17.2 Å². The van der Waals surface area contributed by atoms with Gasteiger partial charge in [-0.25, -0.2) is 0 Å². The smallest absolute Gasteiger partial charge is 0.319 e. The van der Waals surface area contributed by atoms with E-state index >= 15 is 0 Å². The molecule has 2 rings (SSSR count). The Bertz CT molecular complexity index is 696. The lowest BCUT2D eigenvalue weighted by atomic mass is 9.78. The zero-order valence-corrected chi connectivity index (χ0v) is 13.3. The van der Waals surface area contributed by atoms with Gasteiger partial charge in [-0.1, -0.05) is 29.8 Å². The lowest BCUT2D eigenvalue weighted by Gasteiger charge is -2.30. The van der Waals surface area contributed by atoms with Crippen molar-refractivity contribution < 1.29 is 14.3 Å². The molecule has 0 aromatic heterocycles. The predicted molar refractivity (Wildman–Crippen MR) is 84.1 cm³/mol. The quantitative estimate of drug-likeness (QED) is 0.504. The van der Waals surface area contributed by atoms with Crippen molar-refractivity contribution in [3.8, 4) is 6.07 Å². The minimum Gasteiger partial charge on any atom is -0.465 e. The monoisotopic (exact) mass is 336 g/mol. The van der Waals surface area contributed by atoms with Gasteiger partial charge in [0.05, 0.1) is 23.3 Å². The van der Waals surface area contributed by atoms with Gasteiger partial charge in [0.1, 0.15) is 5.92 Å². The van der Waals surface area contributed by atoms with Crippen LogP contribution in [0.3, 0.4) is 0 Å². The van der Waals surface area contributed by atoms with Crippen molar-refractivity contribution in [2.24, 2.45) is 5.92 Å². The highest BCUT2D eigenvalue weighted by Crippen LogP contribution is 2.40. The van der Waals surface area contributed by atoms with Crippen LogP contribution in [-0.4, -0.2) is 18.5 Å². The van der Waals surface area contributed by atoms with Crippen LogP contribution in [0.4, 0.5) is 0 Å². The first-order valence-corrected chi connectivity index (χ1v) is 7.38. The van der Waals surface area contributed by atoms with Crippen LogP contribution in [-0.2, 0) is 14.3 Å². The molecule has 1 aromatic carbocycles. The number of thiol groups is 1. The van der Waals surface area contributed by atoms with Gasteiger partial charge in [0, 0.05) is 10.9 Å². The highest BCUT2D eigenvalue weighted by atomic mass is 35.5. The minimum atomic E-state index is -1.18. The zero-order chi connectivity index (χ0) is 16.3. The number of hydrogen-bond acceptors (Lipinski definition) is 5. The van der Waals surface area contributed by atoms with Gasteiger partial charge in [-0.15, -0.1) is 12.6 Å². The number of hydrogen-bond donors (Lipinski definition) is 2. The summed E-state index contributed by atoms with van der Waals surface area (Å²) in [5.74, 6) is -3.25. The maximum Gasteiger partial charge on any atom is 0.319 e. The molecule has 1 aromatic rings. The number of allylic oxidation sites excluding steroid dienone is 1. The third kappa shape index (κ3) is 2.96. The van der Waals surface area contributed by atoms with Gasteiger partial charge in [0.2, 0.25) is 5.91 Å². The summed E-state index contributed by atoms with van der Waals surface area (Å²) in [6, 6.07) is 8.77. The van der Waals surface area contributed by atoms with Crippen molar-refractivity contribution in [3.05, 3.63) is 45.5 Å². The predicted octanol–water partition coefficient (Wildman–Crippen LogP) is 2.40. The van der Waals surface area contributed by atoms with Gasteiger partial charge in [-0.05, 0) is 18.6 Å². The van der Waals surface area contributed by atoms with Crippen LogP contribution >= 0.6 is 24.2 Å². The van der Waals surface area contributed by atoms with Crippen molar-refractivity contribution in [1.29, 1.82) is 5.26 Å². The largest absolute Gasteiger partial charge is 0.465 e. The molecule has 2 atom stereocenters. The van der Waals surface area contributed by atoms with Crippen LogP contribution in [0.1, 0.15) is 18.4 Å². The summed E-state index contributed by atoms with van der Waals surface area (Å²) in [6.07, 6.45) is 0. The van der Waals surface area contributed by atoms with Crippen LogP contribution in [0.15, 0.2) is 34.9 Å². The molecule has 0 saturated carbocycles. The molecule has 0 bridgehead atoms. The van der Waals surface area contributed by atoms with E-state index in [1.807, 2.05) is 6.07 Å². The number of nitrogens with zero attached hydrogens (tertiary/aromatic N) is 1. The summed E-state index contributed by atoms with van der Waals surface area (Å²) >= 11 is 10.3. The van der Waals surface area contributed by atoms with E-state index in [0.717, 1.165) is 0 Å². The number of nitrogens with one attached hydrogen (secondary N) is 1. The molecule has 1 N–H and O–H groups in total. The van der Waals surface area contributed by atoms with Crippen LogP contribution in [0, 0.1) is 17.2 Å². The molecule has 1 aliphatic rings. The average Bonchev–Trinajstić information content (AvgIpc) is 2.47. The Morgan fingerprint density at radius 3 is 2.77 bits per heavy atom. The zero-order valence-electron chi connectivity index (χ0n) is 11.7. The van der Waals surface area contributed by atoms with Gasteiger partial charge in [-0.3, -0.25) is 9.59 Å². The number of benzene rings is 1. The molecular formula is C15H13ClN2O3S. The summed E-state index contributed by atoms with van der Waals surface area (Å²) in [5.41, 5.74) is 0.689. The number of carbonyl (C=O) groups excluding carboxylic acids is 2. The molecule has 1 aliphatic heterocycles. The van der Waals surface area contributed by atoms with Gasteiger partial charge in [0.25, 0.3) is 0 Å². The lowest BCUT2D eigenvalue weighted by Crippen LogP contribution is -2.44. The number of esters is 1. The summed E-state index contributed by atoms with van der Waals surface area (Å²) in [6.45, 7) is 1.78. The fraction of sp³-hybridized carbons (Fsp3) is 0.267. The second-order valence-electron chi connectivity index (χ2n) is 4.59. The molecule has 7 heteroatoms. The first-order valence-electron chi connectivity index (χ1n) is 6.56. The van der Waals surface area contributed by atoms with Crippen molar-refractivity contribution in [2.75, 3.05) is 6.61 Å². The van der Waals surface area contributed by atoms with Gasteiger partial charge in [-0.2, -0.15) is 5.26 Å². The Balaban J connectivity index is 2.61. The van der Waals surface area contributed by atoms with Crippen molar-refractivity contribution in [1.82, 2.24) is 5.32 Å². The fourth-order valence-corrected chi connectivity index (χ4v) is 2.94. The van der Waals surface area contributed by atoms with Crippen LogP contribution in [0.2, 0.25) is 5.02 Å². The molecule has 0 spiro atoms. The second kappa shape index (κ2) is 6.86. The van der Waals surface area contributed by atoms with E-state index in [1.165, 1.54) is 0 Å². The SMILES string of the molecule is CCOC(=O)[C@H]1C(=O)NC(S)=C(C#N)[C@@H]1c1ccccc1Cl. The first kappa shape index (κ1) is 16.4. The number of amides is 1. The summed E-state index contributed by atoms with van der Waals surface area (Å²) in [7, 11) is 0. The van der Waals surface area contributed by atoms with Gasteiger partial charge >= 0.3 is 5.97 Å². The Labute approximate surface area is 138 Å². The molecule has 5 nitrogen and oxygen atoms in total. The molecular weight excluding hydrogens is 324 g/mol. The number of carbonyl (C=O) groups is 2. The van der Waals surface area contributed by atoms with E-state index in [0.29, 0.717) is 10.6 Å². The van der Waals surface area contributed by atoms with E-state index in [2.05, 4.69) is 17.9 Å². The van der Waals surface area contributed by atoms with Gasteiger partial charge in [0.15, 0.2) is 0 Å². The second-order valence-corrected chi connectivity index (χ2v) is 5.45. The summed E-state index contributed by atoms with van der Waals surface area (Å²) < 4.78 is 4.97.